The number of benzene rings is 1. The summed E-state index contributed by atoms with van der Waals surface area (Å²) in [6, 6.07) is 3.77. The molecule has 1 amide bonds. The molecule has 88 valence electrons. The van der Waals surface area contributed by atoms with Gasteiger partial charge >= 0.3 is 0 Å². The molecule has 2 aromatic rings. The molecule has 4 heteroatoms. The first-order valence-electron chi connectivity index (χ1n) is 5.42. The summed E-state index contributed by atoms with van der Waals surface area (Å²) in [5.74, 6) is -0.105. The number of carbonyl (C=O) groups is 1. The van der Waals surface area contributed by atoms with E-state index < -0.39 is 0 Å². The highest BCUT2D eigenvalue weighted by Crippen LogP contribution is 2.29. The molecule has 4 nitrogen and oxygen atoms in total. The molecule has 0 saturated heterocycles. The Morgan fingerprint density at radius 3 is 2.88 bits per heavy atom. The van der Waals surface area contributed by atoms with Gasteiger partial charge in [0.25, 0.3) is 0 Å². The lowest BCUT2D eigenvalue weighted by atomic mass is 10.1. The minimum Gasteiger partial charge on any atom is -0.355 e. The van der Waals surface area contributed by atoms with Crippen LogP contribution in [0.4, 0.5) is 5.69 Å². The second-order valence-electron chi connectivity index (χ2n) is 3.85. The van der Waals surface area contributed by atoms with Crippen LogP contribution in [-0.2, 0) is 4.79 Å². The Labute approximate surface area is 99.3 Å². The molecule has 0 fully saturated rings. The SMILES string of the molecule is C/C=C\c1c(NC(C)=O)ccc2c(C)noc12. The number of aryl methyl sites for hydroxylation is 1. The van der Waals surface area contributed by atoms with Crippen molar-refractivity contribution >= 4 is 28.6 Å². The molecule has 1 N–H and O–H groups in total. The van der Waals surface area contributed by atoms with Gasteiger partial charge in [-0.05, 0) is 26.0 Å². The monoisotopic (exact) mass is 230 g/mol. The molecule has 1 aromatic heterocycles. The molecule has 0 aliphatic carbocycles. The quantitative estimate of drug-likeness (QED) is 0.862. The Kier molecular flexibility index (Phi) is 2.95. The number of aromatic nitrogens is 1. The molecule has 2 rings (SSSR count). The molecule has 0 atom stereocenters. The largest absolute Gasteiger partial charge is 0.355 e. The predicted octanol–water partition coefficient (Wildman–Crippen LogP) is 3.13. The molecule has 0 bridgehead atoms. The maximum Gasteiger partial charge on any atom is 0.221 e. The summed E-state index contributed by atoms with van der Waals surface area (Å²) in [4.78, 5) is 11.1. The Bertz CT molecular complexity index is 597. The summed E-state index contributed by atoms with van der Waals surface area (Å²) in [5.41, 5.74) is 3.13. The first-order chi connectivity index (χ1) is 8.13. The van der Waals surface area contributed by atoms with E-state index in [-0.39, 0.29) is 5.91 Å². The zero-order chi connectivity index (χ0) is 12.4. The molecular formula is C13H14N2O2. The van der Waals surface area contributed by atoms with Crippen LogP contribution in [0.25, 0.3) is 17.0 Å². The lowest BCUT2D eigenvalue weighted by molar-refractivity contribution is -0.114. The van der Waals surface area contributed by atoms with E-state index in [2.05, 4.69) is 10.5 Å². The standard InChI is InChI=1S/C13H14N2O2/c1-4-5-11-12(14-9(3)16)7-6-10-8(2)15-17-13(10)11/h4-7H,1-3H3,(H,14,16)/b5-4-. The van der Waals surface area contributed by atoms with Crippen molar-refractivity contribution in [3.63, 3.8) is 0 Å². The molecule has 0 radical (unpaired) electrons. The topological polar surface area (TPSA) is 55.1 Å². The van der Waals surface area contributed by atoms with Gasteiger partial charge in [-0.1, -0.05) is 17.3 Å². The average Bonchev–Trinajstić information content (AvgIpc) is 2.64. The highest BCUT2D eigenvalue weighted by molar-refractivity contribution is 5.98. The van der Waals surface area contributed by atoms with Gasteiger partial charge in [0.1, 0.15) is 0 Å². The van der Waals surface area contributed by atoms with Gasteiger partial charge in [-0.3, -0.25) is 4.79 Å². The van der Waals surface area contributed by atoms with Crippen LogP contribution in [0, 0.1) is 6.92 Å². The molecule has 17 heavy (non-hydrogen) atoms. The number of fused-ring (bicyclic) bond motifs is 1. The van der Waals surface area contributed by atoms with Crippen LogP contribution in [0.1, 0.15) is 25.1 Å². The van der Waals surface area contributed by atoms with Gasteiger partial charge in [-0.2, -0.15) is 0 Å². The first kappa shape index (κ1) is 11.4. The van der Waals surface area contributed by atoms with Crippen molar-refractivity contribution in [3.05, 3.63) is 29.5 Å². The Balaban J connectivity index is 2.68. The summed E-state index contributed by atoms with van der Waals surface area (Å²) in [5, 5.41) is 7.68. The molecule has 1 aromatic carbocycles. The zero-order valence-electron chi connectivity index (χ0n) is 10.1. The van der Waals surface area contributed by atoms with Crippen LogP contribution in [0.3, 0.4) is 0 Å². The molecule has 0 aliphatic heterocycles. The van der Waals surface area contributed by atoms with Crippen LogP contribution in [0.15, 0.2) is 22.7 Å². The average molecular weight is 230 g/mol. The van der Waals surface area contributed by atoms with E-state index in [0.717, 1.165) is 22.3 Å². The number of rotatable bonds is 2. The van der Waals surface area contributed by atoms with Crippen LogP contribution in [0.5, 0.6) is 0 Å². The number of anilines is 1. The molecule has 0 saturated carbocycles. The van der Waals surface area contributed by atoms with Gasteiger partial charge in [-0.15, -0.1) is 0 Å². The maximum atomic E-state index is 11.1. The van der Waals surface area contributed by atoms with Gasteiger partial charge in [0, 0.05) is 17.9 Å². The Hall–Kier alpha value is -2.10. The van der Waals surface area contributed by atoms with Gasteiger partial charge in [0.15, 0.2) is 5.58 Å². The number of hydrogen-bond acceptors (Lipinski definition) is 3. The smallest absolute Gasteiger partial charge is 0.221 e. The molecule has 1 heterocycles. The number of nitrogens with zero attached hydrogens (tertiary/aromatic N) is 1. The van der Waals surface area contributed by atoms with E-state index in [1.54, 1.807) is 0 Å². The molecule has 0 spiro atoms. The summed E-state index contributed by atoms with van der Waals surface area (Å²) in [6.45, 7) is 5.29. The van der Waals surface area contributed by atoms with Crippen molar-refractivity contribution < 1.29 is 9.32 Å². The first-order valence-corrected chi connectivity index (χ1v) is 5.42. The highest BCUT2D eigenvalue weighted by atomic mass is 16.5. The van der Waals surface area contributed by atoms with Crippen molar-refractivity contribution in [2.24, 2.45) is 0 Å². The van der Waals surface area contributed by atoms with E-state index in [4.69, 9.17) is 4.52 Å². The van der Waals surface area contributed by atoms with E-state index in [9.17, 15) is 4.79 Å². The van der Waals surface area contributed by atoms with E-state index >= 15 is 0 Å². The van der Waals surface area contributed by atoms with Crippen molar-refractivity contribution in [2.75, 3.05) is 5.32 Å². The third-order valence-corrected chi connectivity index (χ3v) is 2.50. The highest BCUT2D eigenvalue weighted by Gasteiger charge is 2.12. The molecule has 0 aliphatic rings. The number of carbonyl (C=O) groups excluding carboxylic acids is 1. The van der Waals surface area contributed by atoms with Crippen LogP contribution in [-0.4, -0.2) is 11.1 Å². The fraction of sp³-hybridized carbons (Fsp3) is 0.231. The van der Waals surface area contributed by atoms with Crippen molar-refractivity contribution in [2.45, 2.75) is 20.8 Å². The van der Waals surface area contributed by atoms with Crippen molar-refractivity contribution in [1.82, 2.24) is 5.16 Å². The summed E-state index contributed by atoms with van der Waals surface area (Å²) in [7, 11) is 0. The van der Waals surface area contributed by atoms with Gasteiger partial charge in [0.05, 0.1) is 11.4 Å². The van der Waals surface area contributed by atoms with Gasteiger partial charge < -0.3 is 9.84 Å². The van der Waals surface area contributed by atoms with Crippen molar-refractivity contribution in [1.29, 1.82) is 0 Å². The van der Waals surface area contributed by atoms with Gasteiger partial charge in [-0.25, -0.2) is 0 Å². The second-order valence-corrected chi connectivity index (χ2v) is 3.85. The van der Waals surface area contributed by atoms with E-state index in [1.807, 2.05) is 38.1 Å². The lowest BCUT2D eigenvalue weighted by Crippen LogP contribution is -2.07. The minimum absolute atomic E-state index is 0.105. The number of allylic oxidation sites excluding steroid dienone is 1. The number of nitrogens with one attached hydrogen (secondary N) is 1. The fourth-order valence-corrected chi connectivity index (χ4v) is 1.78. The Morgan fingerprint density at radius 1 is 1.47 bits per heavy atom. The summed E-state index contributed by atoms with van der Waals surface area (Å²) in [6.07, 6.45) is 3.80. The molecular weight excluding hydrogens is 216 g/mol. The van der Waals surface area contributed by atoms with E-state index in [0.29, 0.717) is 5.58 Å². The van der Waals surface area contributed by atoms with Crippen LogP contribution in [0.2, 0.25) is 0 Å². The maximum absolute atomic E-state index is 11.1. The van der Waals surface area contributed by atoms with Crippen molar-refractivity contribution in [3.8, 4) is 0 Å². The molecule has 0 unspecified atom stereocenters. The predicted molar refractivity (Wildman–Crippen MR) is 67.8 cm³/mol. The second kappa shape index (κ2) is 4.41. The Morgan fingerprint density at radius 2 is 2.24 bits per heavy atom. The van der Waals surface area contributed by atoms with Crippen LogP contribution >= 0.6 is 0 Å². The lowest BCUT2D eigenvalue weighted by Gasteiger charge is -2.06. The number of amides is 1. The normalized spacial score (nSPS) is 11.2. The van der Waals surface area contributed by atoms with Gasteiger partial charge in [0.2, 0.25) is 5.91 Å². The zero-order valence-corrected chi connectivity index (χ0v) is 10.1. The minimum atomic E-state index is -0.105. The number of hydrogen-bond donors (Lipinski definition) is 1. The van der Waals surface area contributed by atoms with E-state index in [1.165, 1.54) is 6.92 Å². The summed E-state index contributed by atoms with van der Waals surface area (Å²) >= 11 is 0. The third kappa shape index (κ3) is 2.06. The van der Waals surface area contributed by atoms with Crippen LogP contribution < -0.4 is 5.32 Å². The fourth-order valence-electron chi connectivity index (χ4n) is 1.78. The third-order valence-electron chi connectivity index (χ3n) is 2.50. The summed E-state index contributed by atoms with van der Waals surface area (Å²) < 4.78 is 5.30.